The van der Waals surface area contributed by atoms with Gasteiger partial charge in [0.15, 0.2) is 10.8 Å². The number of aliphatic hydroxyl groups is 2. The number of furan rings is 1. The fraction of sp³-hybridized carbons (Fsp3) is 0.133. The first kappa shape index (κ1) is 12.7. The molecule has 106 valence electrons. The van der Waals surface area contributed by atoms with Crippen LogP contribution >= 0.6 is 11.3 Å². The van der Waals surface area contributed by atoms with Crippen LogP contribution in [-0.2, 0) is 0 Å². The lowest BCUT2D eigenvalue weighted by Crippen LogP contribution is -2.18. The molecule has 1 aliphatic carbocycles. The molecule has 2 N–H and O–H groups in total. The molecular weight excluding hydrogens is 293 g/mol. The largest absolute Gasteiger partial charge is 0.462 e. The molecule has 2 heterocycles. The second-order valence-corrected chi connectivity index (χ2v) is 5.82. The topological polar surface area (TPSA) is 66.5 Å². The van der Waals surface area contributed by atoms with Crippen molar-refractivity contribution in [2.75, 3.05) is 0 Å². The van der Waals surface area contributed by atoms with Crippen LogP contribution < -0.4 is 0 Å². The predicted octanol–water partition coefficient (Wildman–Crippen LogP) is 3.02. The molecule has 0 bridgehead atoms. The fourth-order valence-corrected chi connectivity index (χ4v) is 3.66. The van der Waals surface area contributed by atoms with Crippen LogP contribution in [0.1, 0.15) is 33.9 Å². The van der Waals surface area contributed by atoms with Crippen molar-refractivity contribution in [1.82, 2.24) is 4.98 Å². The van der Waals surface area contributed by atoms with Crippen LogP contribution in [0.3, 0.4) is 0 Å². The summed E-state index contributed by atoms with van der Waals surface area (Å²) in [6.45, 7) is 0. The highest BCUT2D eigenvalue weighted by molar-refractivity contribution is 7.15. The van der Waals surface area contributed by atoms with Crippen LogP contribution in [0.25, 0.3) is 10.8 Å². The van der Waals surface area contributed by atoms with E-state index in [-0.39, 0.29) is 5.56 Å². The lowest BCUT2D eigenvalue weighted by Gasteiger charge is -2.25. The lowest BCUT2D eigenvalue weighted by atomic mass is 9.89. The van der Waals surface area contributed by atoms with E-state index in [0.717, 1.165) is 0 Å². The Bertz CT molecular complexity index is 812. The van der Waals surface area contributed by atoms with Crippen LogP contribution in [0.15, 0.2) is 41.0 Å². The van der Waals surface area contributed by atoms with Crippen LogP contribution in [-0.4, -0.2) is 15.2 Å². The lowest BCUT2D eigenvalue weighted by molar-refractivity contribution is 0.169. The number of benzene rings is 1. The minimum absolute atomic E-state index is 0.118. The minimum Gasteiger partial charge on any atom is -0.462 e. The maximum atomic E-state index is 14.0. The molecule has 0 saturated carbocycles. The summed E-state index contributed by atoms with van der Waals surface area (Å²) in [6, 6.07) is 7.86. The van der Waals surface area contributed by atoms with Gasteiger partial charge in [0.1, 0.15) is 18.0 Å². The Hall–Kier alpha value is -2.02. The summed E-state index contributed by atoms with van der Waals surface area (Å²) in [5.41, 5.74) is 0.829. The van der Waals surface area contributed by atoms with Crippen molar-refractivity contribution < 1.29 is 19.0 Å². The van der Waals surface area contributed by atoms with E-state index in [9.17, 15) is 14.6 Å². The van der Waals surface area contributed by atoms with Gasteiger partial charge in [0.05, 0.1) is 16.8 Å². The summed E-state index contributed by atoms with van der Waals surface area (Å²) in [6.07, 6.45) is -0.647. The van der Waals surface area contributed by atoms with Crippen LogP contribution in [0.4, 0.5) is 4.39 Å². The minimum atomic E-state index is -1.12. The smallest absolute Gasteiger partial charge is 0.162 e. The van der Waals surface area contributed by atoms with E-state index in [1.807, 2.05) is 0 Å². The second-order valence-electron chi connectivity index (χ2n) is 4.79. The van der Waals surface area contributed by atoms with Crippen LogP contribution in [0, 0.1) is 5.82 Å². The Morgan fingerprint density at radius 2 is 2.00 bits per heavy atom. The number of rotatable bonds is 1. The van der Waals surface area contributed by atoms with Crippen LogP contribution in [0.2, 0.25) is 0 Å². The molecule has 2 atom stereocenters. The fourth-order valence-electron chi connectivity index (χ4n) is 2.60. The SMILES string of the molecule is OC1c2cccc(F)c2C(O)c2sc(-c3ccco3)nc21. The molecule has 4 rings (SSSR count). The van der Waals surface area contributed by atoms with Crippen LogP contribution in [0.5, 0.6) is 0 Å². The standard InChI is InChI=1S/C15H10FNO3S/c16-8-4-1-3-7-10(8)13(19)14-11(12(7)18)17-15(21-14)9-5-2-6-20-9/h1-6,12-13,18-19H. The molecule has 21 heavy (non-hydrogen) atoms. The quantitative estimate of drug-likeness (QED) is 0.725. The van der Waals surface area contributed by atoms with Gasteiger partial charge in [0, 0.05) is 5.56 Å². The number of hydrogen-bond acceptors (Lipinski definition) is 5. The molecule has 0 spiro atoms. The van der Waals surface area contributed by atoms with E-state index in [2.05, 4.69) is 4.98 Å². The van der Waals surface area contributed by atoms with Gasteiger partial charge in [-0.25, -0.2) is 9.37 Å². The maximum absolute atomic E-state index is 14.0. The molecular formula is C15H10FNO3S. The van der Waals surface area contributed by atoms with Gasteiger partial charge >= 0.3 is 0 Å². The Morgan fingerprint density at radius 3 is 2.76 bits per heavy atom. The first-order valence-corrected chi connectivity index (χ1v) is 7.17. The van der Waals surface area contributed by atoms with E-state index >= 15 is 0 Å². The van der Waals surface area contributed by atoms with Crippen molar-refractivity contribution in [3.8, 4) is 10.8 Å². The molecule has 6 heteroatoms. The average molecular weight is 303 g/mol. The molecule has 1 aliphatic rings. The number of thiazole rings is 1. The third-order valence-electron chi connectivity index (χ3n) is 3.58. The molecule has 2 aromatic heterocycles. The highest BCUT2D eigenvalue weighted by Gasteiger charge is 2.36. The number of fused-ring (bicyclic) bond motifs is 2. The number of halogens is 1. The maximum Gasteiger partial charge on any atom is 0.162 e. The summed E-state index contributed by atoms with van der Waals surface area (Å²) in [5, 5.41) is 21.4. The van der Waals surface area contributed by atoms with E-state index in [0.29, 0.717) is 26.9 Å². The summed E-state index contributed by atoms with van der Waals surface area (Å²) < 4.78 is 19.2. The molecule has 0 amide bonds. The molecule has 0 fully saturated rings. The number of nitrogens with zero attached hydrogens (tertiary/aromatic N) is 1. The molecule has 0 aliphatic heterocycles. The van der Waals surface area contributed by atoms with Crippen molar-refractivity contribution in [3.63, 3.8) is 0 Å². The Morgan fingerprint density at radius 1 is 1.14 bits per heavy atom. The highest BCUT2D eigenvalue weighted by Crippen LogP contribution is 2.45. The molecule has 3 aromatic rings. The third kappa shape index (κ3) is 1.77. The number of aliphatic hydroxyl groups excluding tert-OH is 2. The summed E-state index contributed by atoms with van der Waals surface area (Å²) in [5.74, 6) is 0.0241. The normalized spacial score (nSPS) is 20.1. The van der Waals surface area contributed by atoms with Crippen molar-refractivity contribution in [2.24, 2.45) is 0 Å². The monoisotopic (exact) mass is 303 g/mol. The first-order valence-electron chi connectivity index (χ1n) is 6.35. The molecule has 2 unspecified atom stereocenters. The van der Waals surface area contributed by atoms with Crippen molar-refractivity contribution in [2.45, 2.75) is 12.2 Å². The van der Waals surface area contributed by atoms with Gasteiger partial charge in [-0.05, 0) is 23.8 Å². The first-order chi connectivity index (χ1) is 10.2. The zero-order valence-electron chi connectivity index (χ0n) is 10.7. The summed E-state index contributed by atoms with van der Waals surface area (Å²) in [4.78, 5) is 4.80. The number of aromatic nitrogens is 1. The van der Waals surface area contributed by atoms with Crippen molar-refractivity contribution in [3.05, 3.63) is 64.1 Å². The Kier molecular flexibility index (Phi) is 2.72. The van der Waals surface area contributed by atoms with Gasteiger partial charge in [0.2, 0.25) is 0 Å². The van der Waals surface area contributed by atoms with Gasteiger partial charge in [0.25, 0.3) is 0 Å². The van der Waals surface area contributed by atoms with Gasteiger partial charge in [-0.1, -0.05) is 12.1 Å². The van der Waals surface area contributed by atoms with E-state index in [4.69, 9.17) is 4.42 Å². The predicted molar refractivity (Wildman–Crippen MR) is 74.3 cm³/mol. The van der Waals surface area contributed by atoms with Gasteiger partial charge in [-0.15, -0.1) is 11.3 Å². The molecule has 1 aromatic carbocycles. The van der Waals surface area contributed by atoms with Gasteiger partial charge in [-0.3, -0.25) is 0 Å². The summed E-state index contributed by atoms with van der Waals surface area (Å²) >= 11 is 1.20. The molecule has 4 nitrogen and oxygen atoms in total. The third-order valence-corrected chi connectivity index (χ3v) is 4.71. The van der Waals surface area contributed by atoms with Gasteiger partial charge in [-0.2, -0.15) is 0 Å². The number of hydrogen-bond donors (Lipinski definition) is 2. The second kappa shape index (κ2) is 4.49. The zero-order valence-corrected chi connectivity index (χ0v) is 11.5. The van der Waals surface area contributed by atoms with E-state index in [1.165, 1.54) is 29.7 Å². The molecule has 0 radical (unpaired) electrons. The van der Waals surface area contributed by atoms with Gasteiger partial charge < -0.3 is 14.6 Å². The highest BCUT2D eigenvalue weighted by atomic mass is 32.1. The summed E-state index contributed by atoms with van der Waals surface area (Å²) in [7, 11) is 0. The van der Waals surface area contributed by atoms with Crippen molar-refractivity contribution >= 4 is 11.3 Å². The zero-order chi connectivity index (χ0) is 14.6. The Balaban J connectivity index is 1.91. The van der Waals surface area contributed by atoms with E-state index < -0.39 is 18.0 Å². The van der Waals surface area contributed by atoms with E-state index in [1.54, 1.807) is 18.2 Å². The average Bonchev–Trinajstić information content (AvgIpc) is 3.13. The molecule has 0 saturated heterocycles. The Labute approximate surface area is 123 Å². The van der Waals surface area contributed by atoms with Crippen molar-refractivity contribution in [1.29, 1.82) is 0 Å².